The second-order valence-electron chi connectivity index (χ2n) is 5.14. The zero-order chi connectivity index (χ0) is 14.8. The van der Waals surface area contributed by atoms with Crippen molar-refractivity contribution >= 4 is 34.8 Å². The number of carbonyl (C=O) groups excluding carboxylic acids is 1. The van der Waals surface area contributed by atoms with Gasteiger partial charge in [0.2, 0.25) is 5.91 Å². The van der Waals surface area contributed by atoms with Gasteiger partial charge in [-0.3, -0.25) is 4.79 Å². The number of rotatable bonds is 3. The van der Waals surface area contributed by atoms with Crippen molar-refractivity contribution in [2.24, 2.45) is 0 Å². The summed E-state index contributed by atoms with van der Waals surface area (Å²) in [5, 5.41) is 1.09. The maximum atomic E-state index is 12.4. The zero-order valence-corrected chi connectivity index (χ0v) is 13.0. The first kappa shape index (κ1) is 14.4. The first-order valence-electron chi connectivity index (χ1n) is 6.98. The Hall–Kier alpha value is -1.51. The number of amides is 1. The van der Waals surface area contributed by atoms with E-state index in [-0.39, 0.29) is 5.91 Å². The first-order chi connectivity index (χ1) is 10.2. The molecule has 3 rings (SSSR count). The highest BCUT2D eigenvalue weighted by Gasteiger charge is 2.23. The van der Waals surface area contributed by atoms with Crippen molar-refractivity contribution in [3.8, 4) is 0 Å². The van der Waals surface area contributed by atoms with Gasteiger partial charge in [-0.15, -0.1) is 0 Å². The maximum Gasteiger partial charge on any atom is 0.227 e. The van der Waals surface area contributed by atoms with Gasteiger partial charge in [0.25, 0.3) is 0 Å². The molecule has 21 heavy (non-hydrogen) atoms. The molecule has 0 aliphatic carbocycles. The molecule has 0 bridgehead atoms. The molecule has 2 aromatic carbocycles. The molecular formula is C17H15Cl2NO. The van der Waals surface area contributed by atoms with Crippen LogP contribution in [0.4, 0.5) is 5.69 Å². The Bertz CT molecular complexity index is 684. The quantitative estimate of drug-likeness (QED) is 0.814. The molecule has 0 N–H and O–H groups in total. The number of carbonyl (C=O) groups is 1. The smallest absolute Gasteiger partial charge is 0.227 e. The highest BCUT2D eigenvalue weighted by Crippen LogP contribution is 2.29. The molecule has 1 aliphatic rings. The van der Waals surface area contributed by atoms with Crippen LogP contribution in [0.5, 0.6) is 0 Å². The average Bonchev–Trinajstić information content (AvgIpc) is 2.92. The molecule has 2 nitrogen and oxygen atoms in total. The second-order valence-corrected chi connectivity index (χ2v) is 5.92. The van der Waals surface area contributed by atoms with Crippen LogP contribution >= 0.6 is 23.2 Å². The molecule has 0 unspecified atom stereocenters. The second kappa shape index (κ2) is 6.08. The van der Waals surface area contributed by atoms with Gasteiger partial charge < -0.3 is 4.90 Å². The lowest BCUT2D eigenvalue weighted by Crippen LogP contribution is -2.29. The molecule has 0 spiro atoms. The molecule has 0 aromatic heterocycles. The number of aryl methyl sites for hydroxylation is 1. The Morgan fingerprint density at radius 1 is 1.10 bits per heavy atom. The van der Waals surface area contributed by atoms with Crippen molar-refractivity contribution in [1.82, 2.24) is 0 Å². The molecule has 0 saturated heterocycles. The molecule has 1 aliphatic heterocycles. The monoisotopic (exact) mass is 319 g/mol. The number of para-hydroxylation sites is 1. The molecule has 4 heteroatoms. The standard InChI is InChI=1S/C17H15Cl2NO/c18-14-6-3-5-13(17(14)19)8-9-16(21)20-11-10-12-4-1-2-7-15(12)20/h1-7H,8-11H2. The third-order valence-corrected chi connectivity index (χ3v) is 4.69. The highest BCUT2D eigenvalue weighted by atomic mass is 35.5. The molecule has 108 valence electrons. The Morgan fingerprint density at radius 3 is 2.76 bits per heavy atom. The van der Waals surface area contributed by atoms with E-state index in [0.29, 0.717) is 22.9 Å². The van der Waals surface area contributed by atoms with E-state index in [2.05, 4.69) is 6.07 Å². The predicted molar refractivity (Wildman–Crippen MR) is 87.3 cm³/mol. The van der Waals surface area contributed by atoms with Gasteiger partial charge in [-0.05, 0) is 36.1 Å². The van der Waals surface area contributed by atoms with E-state index in [0.717, 1.165) is 24.2 Å². The van der Waals surface area contributed by atoms with Crippen molar-refractivity contribution in [2.75, 3.05) is 11.4 Å². The van der Waals surface area contributed by atoms with Gasteiger partial charge in [-0.25, -0.2) is 0 Å². The fourth-order valence-corrected chi connectivity index (χ4v) is 3.13. The van der Waals surface area contributed by atoms with Crippen molar-refractivity contribution in [3.05, 3.63) is 63.6 Å². The summed E-state index contributed by atoms with van der Waals surface area (Å²) in [6, 6.07) is 13.6. The predicted octanol–water partition coefficient (Wildman–Crippen LogP) is 4.52. The molecule has 0 radical (unpaired) electrons. The van der Waals surface area contributed by atoms with Crippen LogP contribution in [-0.2, 0) is 17.6 Å². The maximum absolute atomic E-state index is 12.4. The van der Waals surface area contributed by atoms with Crippen LogP contribution in [-0.4, -0.2) is 12.5 Å². The zero-order valence-electron chi connectivity index (χ0n) is 11.5. The molecular weight excluding hydrogens is 305 g/mol. The Labute approximate surface area is 134 Å². The van der Waals surface area contributed by atoms with E-state index in [1.165, 1.54) is 5.56 Å². The minimum Gasteiger partial charge on any atom is -0.312 e. The summed E-state index contributed by atoms with van der Waals surface area (Å²) in [5.74, 6) is 0.135. The minimum atomic E-state index is 0.135. The third kappa shape index (κ3) is 2.92. The Kier molecular flexibility index (Phi) is 4.18. The van der Waals surface area contributed by atoms with E-state index in [4.69, 9.17) is 23.2 Å². The van der Waals surface area contributed by atoms with Gasteiger partial charge in [0, 0.05) is 18.7 Å². The van der Waals surface area contributed by atoms with Crippen LogP contribution in [0.1, 0.15) is 17.5 Å². The molecule has 1 amide bonds. The molecule has 0 fully saturated rings. The number of halogens is 2. The Balaban J connectivity index is 1.69. The molecule has 0 saturated carbocycles. The van der Waals surface area contributed by atoms with Gasteiger partial charge >= 0.3 is 0 Å². The van der Waals surface area contributed by atoms with E-state index in [1.54, 1.807) is 6.07 Å². The number of benzene rings is 2. The van der Waals surface area contributed by atoms with Crippen molar-refractivity contribution < 1.29 is 4.79 Å². The van der Waals surface area contributed by atoms with Crippen molar-refractivity contribution in [1.29, 1.82) is 0 Å². The summed E-state index contributed by atoms with van der Waals surface area (Å²) in [6.07, 6.45) is 1.98. The summed E-state index contributed by atoms with van der Waals surface area (Å²) in [7, 11) is 0. The molecule has 0 atom stereocenters. The normalized spacial score (nSPS) is 13.3. The van der Waals surface area contributed by atoms with Gasteiger partial charge in [0.15, 0.2) is 0 Å². The summed E-state index contributed by atoms with van der Waals surface area (Å²) >= 11 is 12.2. The van der Waals surface area contributed by atoms with Gasteiger partial charge in [0.1, 0.15) is 0 Å². The topological polar surface area (TPSA) is 20.3 Å². The van der Waals surface area contributed by atoms with E-state index in [9.17, 15) is 4.79 Å². The van der Waals surface area contributed by atoms with Crippen molar-refractivity contribution in [2.45, 2.75) is 19.3 Å². The number of hydrogen-bond acceptors (Lipinski definition) is 1. The van der Waals surface area contributed by atoms with Gasteiger partial charge in [-0.1, -0.05) is 53.5 Å². The Morgan fingerprint density at radius 2 is 1.90 bits per heavy atom. The summed E-state index contributed by atoms with van der Waals surface area (Å²) in [4.78, 5) is 14.3. The number of nitrogens with zero attached hydrogens (tertiary/aromatic N) is 1. The van der Waals surface area contributed by atoms with Crippen LogP contribution in [0.2, 0.25) is 10.0 Å². The summed E-state index contributed by atoms with van der Waals surface area (Å²) in [5.41, 5.74) is 3.20. The van der Waals surface area contributed by atoms with E-state index in [1.807, 2.05) is 35.2 Å². The van der Waals surface area contributed by atoms with Crippen LogP contribution < -0.4 is 4.90 Å². The lowest BCUT2D eigenvalue weighted by molar-refractivity contribution is -0.118. The fourth-order valence-electron chi connectivity index (χ4n) is 2.72. The SMILES string of the molecule is O=C(CCc1cccc(Cl)c1Cl)N1CCc2ccccc21. The summed E-state index contributed by atoms with van der Waals surface area (Å²) < 4.78 is 0. The minimum absolute atomic E-state index is 0.135. The van der Waals surface area contributed by atoms with Crippen LogP contribution in [0.25, 0.3) is 0 Å². The largest absolute Gasteiger partial charge is 0.312 e. The average molecular weight is 320 g/mol. The van der Waals surface area contributed by atoms with Crippen molar-refractivity contribution in [3.63, 3.8) is 0 Å². The first-order valence-corrected chi connectivity index (χ1v) is 7.73. The number of fused-ring (bicyclic) bond motifs is 1. The lowest BCUT2D eigenvalue weighted by atomic mass is 10.1. The van der Waals surface area contributed by atoms with E-state index >= 15 is 0 Å². The molecule has 2 aromatic rings. The van der Waals surface area contributed by atoms with Gasteiger partial charge in [-0.2, -0.15) is 0 Å². The van der Waals surface area contributed by atoms with E-state index < -0.39 is 0 Å². The number of hydrogen-bond donors (Lipinski definition) is 0. The lowest BCUT2D eigenvalue weighted by Gasteiger charge is -2.17. The van der Waals surface area contributed by atoms with Crippen LogP contribution in [0.15, 0.2) is 42.5 Å². The summed E-state index contributed by atoms with van der Waals surface area (Å²) in [6.45, 7) is 0.765. The van der Waals surface area contributed by atoms with Crippen LogP contribution in [0, 0.1) is 0 Å². The third-order valence-electron chi connectivity index (χ3n) is 3.83. The highest BCUT2D eigenvalue weighted by molar-refractivity contribution is 6.42. The van der Waals surface area contributed by atoms with Crippen LogP contribution in [0.3, 0.4) is 0 Å². The van der Waals surface area contributed by atoms with Gasteiger partial charge in [0.05, 0.1) is 10.0 Å². The molecule has 1 heterocycles. The number of anilines is 1. The fraction of sp³-hybridized carbons (Fsp3) is 0.235.